The molecule has 1 aliphatic rings. The topological polar surface area (TPSA) is 73.1 Å². The Morgan fingerprint density at radius 3 is 3.10 bits per heavy atom. The summed E-state index contributed by atoms with van der Waals surface area (Å²) in [4.78, 5) is 22.0. The zero-order valence-corrected chi connectivity index (χ0v) is 11.8. The Kier molecular flexibility index (Phi) is 3.81. The molecule has 1 fully saturated rings. The molecule has 0 aromatic carbocycles. The van der Waals surface area contributed by atoms with Crippen molar-refractivity contribution in [3.63, 3.8) is 0 Å². The molecule has 0 radical (unpaired) electrons. The van der Waals surface area contributed by atoms with Crippen LogP contribution in [0.5, 0.6) is 5.88 Å². The van der Waals surface area contributed by atoms with Gasteiger partial charge in [-0.3, -0.25) is 4.79 Å². The number of carbonyl (C=O) groups excluding carboxylic acids is 1. The first kappa shape index (κ1) is 13.5. The average molecular weight is 287 g/mol. The molecule has 2 aromatic heterocycles. The molecular formula is C14H17N5O2. The van der Waals surface area contributed by atoms with Gasteiger partial charge in [0.1, 0.15) is 25.3 Å². The molecule has 1 atom stereocenters. The molecule has 7 heteroatoms. The highest BCUT2D eigenvalue weighted by molar-refractivity contribution is 5.76. The Balaban J connectivity index is 1.53. The van der Waals surface area contributed by atoms with Crippen LogP contribution in [0.2, 0.25) is 0 Å². The van der Waals surface area contributed by atoms with E-state index in [2.05, 4.69) is 15.1 Å². The second-order valence-electron chi connectivity index (χ2n) is 5.14. The number of rotatable bonds is 4. The Hall–Kier alpha value is -2.44. The van der Waals surface area contributed by atoms with Gasteiger partial charge in [0.2, 0.25) is 11.8 Å². The number of hydrogen-bond acceptors (Lipinski definition) is 5. The van der Waals surface area contributed by atoms with Crippen molar-refractivity contribution in [2.24, 2.45) is 0 Å². The molecule has 21 heavy (non-hydrogen) atoms. The molecule has 2 aromatic rings. The Labute approximate surface area is 122 Å². The van der Waals surface area contributed by atoms with Gasteiger partial charge in [-0.15, -0.1) is 0 Å². The summed E-state index contributed by atoms with van der Waals surface area (Å²) in [5, 5.41) is 3.94. The molecule has 1 saturated heterocycles. The number of aromatic nitrogens is 4. The van der Waals surface area contributed by atoms with Gasteiger partial charge in [-0.25, -0.2) is 14.6 Å². The highest BCUT2D eigenvalue weighted by Gasteiger charge is 2.27. The summed E-state index contributed by atoms with van der Waals surface area (Å²) in [5.41, 5.74) is 1.10. The second kappa shape index (κ2) is 5.90. The molecule has 110 valence electrons. The smallest absolute Gasteiger partial charge is 0.244 e. The number of pyridine rings is 1. The zero-order valence-electron chi connectivity index (χ0n) is 11.8. The molecule has 0 aliphatic carbocycles. The first-order valence-corrected chi connectivity index (χ1v) is 6.90. The number of hydrogen-bond donors (Lipinski definition) is 0. The van der Waals surface area contributed by atoms with E-state index in [0.717, 1.165) is 12.0 Å². The fourth-order valence-electron chi connectivity index (χ4n) is 2.30. The van der Waals surface area contributed by atoms with E-state index >= 15 is 0 Å². The van der Waals surface area contributed by atoms with E-state index < -0.39 is 0 Å². The lowest BCUT2D eigenvalue weighted by atomic mass is 10.3. The molecule has 0 unspecified atom stereocenters. The highest BCUT2D eigenvalue weighted by Crippen LogP contribution is 2.17. The fourth-order valence-corrected chi connectivity index (χ4v) is 2.30. The molecular weight excluding hydrogens is 270 g/mol. The minimum absolute atomic E-state index is 0.0000902. The van der Waals surface area contributed by atoms with E-state index in [1.165, 1.54) is 17.3 Å². The summed E-state index contributed by atoms with van der Waals surface area (Å²) < 4.78 is 7.33. The van der Waals surface area contributed by atoms with Crippen LogP contribution in [-0.4, -0.2) is 49.7 Å². The van der Waals surface area contributed by atoms with Gasteiger partial charge in [-0.05, 0) is 12.5 Å². The average Bonchev–Trinajstić information content (AvgIpc) is 3.13. The Morgan fingerprint density at radius 2 is 2.38 bits per heavy atom. The number of ether oxygens (including phenoxy) is 1. The van der Waals surface area contributed by atoms with Crippen molar-refractivity contribution in [1.29, 1.82) is 0 Å². The summed E-state index contributed by atoms with van der Waals surface area (Å²) in [6, 6.07) is 3.82. The van der Waals surface area contributed by atoms with E-state index in [1.54, 1.807) is 11.1 Å². The van der Waals surface area contributed by atoms with Crippen molar-refractivity contribution in [2.75, 3.05) is 13.1 Å². The van der Waals surface area contributed by atoms with Crippen molar-refractivity contribution >= 4 is 5.91 Å². The second-order valence-corrected chi connectivity index (χ2v) is 5.14. The van der Waals surface area contributed by atoms with E-state index in [9.17, 15) is 4.79 Å². The zero-order chi connectivity index (χ0) is 14.7. The molecule has 3 rings (SSSR count). The van der Waals surface area contributed by atoms with Gasteiger partial charge in [0.05, 0.1) is 6.54 Å². The van der Waals surface area contributed by atoms with Crippen LogP contribution in [0.1, 0.15) is 12.0 Å². The lowest BCUT2D eigenvalue weighted by molar-refractivity contribution is -0.131. The summed E-state index contributed by atoms with van der Waals surface area (Å²) in [7, 11) is 0. The lowest BCUT2D eigenvalue weighted by Crippen LogP contribution is -2.33. The van der Waals surface area contributed by atoms with Crippen LogP contribution in [0.25, 0.3) is 0 Å². The van der Waals surface area contributed by atoms with Crippen LogP contribution in [0.4, 0.5) is 0 Å². The van der Waals surface area contributed by atoms with E-state index in [1.807, 2.05) is 19.1 Å². The molecule has 1 aliphatic heterocycles. The molecule has 0 bridgehead atoms. The summed E-state index contributed by atoms with van der Waals surface area (Å²) in [6.07, 6.45) is 5.56. The maximum absolute atomic E-state index is 12.1. The molecule has 0 saturated carbocycles. The highest BCUT2D eigenvalue weighted by atomic mass is 16.5. The van der Waals surface area contributed by atoms with Crippen LogP contribution in [-0.2, 0) is 11.3 Å². The van der Waals surface area contributed by atoms with Crippen molar-refractivity contribution in [3.05, 3.63) is 36.5 Å². The van der Waals surface area contributed by atoms with Crippen LogP contribution in [0.3, 0.4) is 0 Å². The molecule has 1 amide bonds. The quantitative estimate of drug-likeness (QED) is 0.826. The third-order valence-corrected chi connectivity index (χ3v) is 3.43. The molecule has 7 nitrogen and oxygen atoms in total. The van der Waals surface area contributed by atoms with Crippen LogP contribution >= 0.6 is 0 Å². The largest absolute Gasteiger partial charge is 0.472 e. The summed E-state index contributed by atoms with van der Waals surface area (Å²) >= 11 is 0. The van der Waals surface area contributed by atoms with Gasteiger partial charge in [0, 0.05) is 25.2 Å². The van der Waals surface area contributed by atoms with Crippen LogP contribution in [0, 0.1) is 6.92 Å². The van der Waals surface area contributed by atoms with Crippen molar-refractivity contribution in [3.8, 4) is 5.88 Å². The van der Waals surface area contributed by atoms with Gasteiger partial charge in [0.15, 0.2) is 0 Å². The summed E-state index contributed by atoms with van der Waals surface area (Å²) in [6.45, 7) is 3.49. The third kappa shape index (κ3) is 3.36. The van der Waals surface area contributed by atoms with Gasteiger partial charge in [-0.1, -0.05) is 6.07 Å². The molecule has 0 N–H and O–H groups in total. The normalized spacial score (nSPS) is 18.0. The lowest BCUT2D eigenvalue weighted by Gasteiger charge is -2.16. The SMILES string of the molecule is Cc1ccc(O[C@H]2CCN(C(=O)Cn3cncn3)C2)nc1. The van der Waals surface area contributed by atoms with E-state index in [0.29, 0.717) is 19.0 Å². The van der Waals surface area contributed by atoms with Gasteiger partial charge < -0.3 is 9.64 Å². The van der Waals surface area contributed by atoms with Crippen LogP contribution in [0.15, 0.2) is 31.0 Å². The first-order valence-electron chi connectivity index (χ1n) is 6.90. The van der Waals surface area contributed by atoms with Crippen molar-refractivity contribution in [2.45, 2.75) is 26.0 Å². The minimum Gasteiger partial charge on any atom is -0.472 e. The van der Waals surface area contributed by atoms with E-state index in [4.69, 9.17) is 4.74 Å². The standard InChI is InChI=1S/C14H17N5O2/c1-11-2-3-13(16-6-11)21-12-4-5-18(7-12)14(20)8-19-10-15-9-17-19/h2-3,6,9-10,12H,4-5,7-8H2,1H3/t12-/m0/s1. The molecule has 0 spiro atoms. The van der Waals surface area contributed by atoms with Gasteiger partial charge in [-0.2, -0.15) is 5.10 Å². The first-order chi connectivity index (χ1) is 10.2. The summed E-state index contributed by atoms with van der Waals surface area (Å²) in [5.74, 6) is 0.639. The fraction of sp³-hybridized carbons (Fsp3) is 0.429. The number of likely N-dealkylation sites (tertiary alicyclic amines) is 1. The number of aryl methyl sites for hydroxylation is 1. The van der Waals surface area contributed by atoms with E-state index in [-0.39, 0.29) is 18.6 Å². The Bertz CT molecular complexity index is 596. The van der Waals surface area contributed by atoms with Gasteiger partial charge in [0.25, 0.3) is 0 Å². The van der Waals surface area contributed by atoms with Gasteiger partial charge >= 0.3 is 0 Å². The van der Waals surface area contributed by atoms with Crippen molar-refractivity contribution < 1.29 is 9.53 Å². The maximum Gasteiger partial charge on any atom is 0.244 e. The van der Waals surface area contributed by atoms with Crippen LogP contribution < -0.4 is 4.74 Å². The number of nitrogens with zero attached hydrogens (tertiary/aromatic N) is 5. The minimum atomic E-state index is -0.0000902. The van der Waals surface area contributed by atoms with Crippen molar-refractivity contribution in [1.82, 2.24) is 24.6 Å². The monoisotopic (exact) mass is 287 g/mol. The third-order valence-electron chi connectivity index (χ3n) is 3.43. The number of carbonyl (C=O) groups is 1. The maximum atomic E-state index is 12.1. The molecule has 3 heterocycles. The number of amides is 1. The predicted molar refractivity (Wildman–Crippen MR) is 74.6 cm³/mol. The Morgan fingerprint density at radius 1 is 1.48 bits per heavy atom. The predicted octanol–water partition coefficient (Wildman–Crippen LogP) is 0.661.